The molecule has 0 aliphatic carbocycles. The summed E-state index contributed by atoms with van der Waals surface area (Å²) in [5.74, 6) is 0.476. The molecule has 0 spiro atoms. The van der Waals surface area contributed by atoms with Gasteiger partial charge in [-0.15, -0.1) is 10.2 Å². The molecule has 52 heavy (non-hydrogen) atoms. The number of benzene rings is 2. The summed E-state index contributed by atoms with van der Waals surface area (Å²) in [6, 6.07) is 17.5. The molecule has 2 amide bonds. The number of fused-ring (bicyclic) bond motifs is 3. The van der Waals surface area contributed by atoms with E-state index in [9.17, 15) is 14.7 Å². The number of carbonyl (C=O) groups excluding carboxylic acids is 2. The molecule has 4 aliphatic rings. The second-order valence-electron chi connectivity index (χ2n) is 14.0. The monoisotopic (exact) mass is 707 g/mol. The summed E-state index contributed by atoms with van der Waals surface area (Å²) in [6.45, 7) is 7.26. The quantitative estimate of drug-likeness (QED) is 0.185. The summed E-state index contributed by atoms with van der Waals surface area (Å²) in [6.07, 6.45) is 4.21. The molecular weight excluding hydrogens is 665 g/mol. The number of phenolic OH excluding ortho intramolecular Hbond substituents is 1. The standard InChI is InChI=1S/C38H42FN9O4/c1-2-38-19-26(22-48(38)32-18-30(44-45-36(32)41-23-38)27-5-3-4-6-33(27)49)52-35-12-7-24(20-40-35)21-46-13-15-47(16-14-46)31-10-8-25(17-28(31)39)42-29-9-11-34(50)43-37(29)51/h3-8,10,12,17-18,20,26,29,42,49H,2,9,11,13-16,19,21-23H2,1H3,(H,41,45)(H,43,50,51)/t26-,29?,38?/m1/s1. The number of rotatable bonds is 9. The number of nitrogens with zero attached hydrogens (tertiary/aromatic N) is 6. The van der Waals surface area contributed by atoms with Gasteiger partial charge in [0.1, 0.15) is 23.7 Å². The van der Waals surface area contributed by atoms with Crippen LogP contribution in [0.15, 0.2) is 66.9 Å². The molecule has 2 unspecified atom stereocenters. The molecule has 14 heteroatoms. The fourth-order valence-corrected chi connectivity index (χ4v) is 7.88. The van der Waals surface area contributed by atoms with Crippen molar-refractivity contribution in [2.45, 2.75) is 56.8 Å². The van der Waals surface area contributed by atoms with Crippen LogP contribution in [0.5, 0.6) is 11.6 Å². The first-order chi connectivity index (χ1) is 25.3. The first-order valence-corrected chi connectivity index (χ1v) is 17.9. The Kier molecular flexibility index (Phi) is 8.99. The smallest absolute Gasteiger partial charge is 0.249 e. The minimum absolute atomic E-state index is 0.0662. The molecule has 0 radical (unpaired) electrons. The van der Waals surface area contributed by atoms with E-state index in [1.165, 1.54) is 6.07 Å². The minimum atomic E-state index is -0.557. The Morgan fingerprint density at radius 2 is 1.88 bits per heavy atom. The summed E-state index contributed by atoms with van der Waals surface area (Å²) >= 11 is 0. The number of para-hydroxylation sites is 1. The van der Waals surface area contributed by atoms with Crippen molar-refractivity contribution in [3.63, 3.8) is 0 Å². The predicted octanol–water partition coefficient (Wildman–Crippen LogP) is 4.15. The van der Waals surface area contributed by atoms with Gasteiger partial charge in [0.15, 0.2) is 5.82 Å². The first kappa shape index (κ1) is 33.6. The van der Waals surface area contributed by atoms with Crippen molar-refractivity contribution in [2.24, 2.45) is 0 Å². The van der Waals surface area contributed by atoms with Crippen molar-refractivity contribution in [1.29, 1.82) is 0 Å². The van der Waals surface area contributed by atoms with E-state index in [1.54, 1.807) is 24.3 Å². The summed E-state index contributed by atoms with van der Waals surface area (Å²) in [7, 11) is 0. The van der Waals surface area contributed by atoms with Crippen LogP contribution in [0.4, 0.5) is 27.3 Å². The van der Waals surface area contributed by atoms with E-state index in [4.69, 9.17) is 4.74 Å². The van der Waals surface area contributed by atoms with E-state index in [-0.39, 0.29) is 41.4 Å². The predicted molar refractivity (Wildman–Crippen MR) is 195 cm³/mol. The number of phenols is 1. The number of hydrogen-bond donors (Lipinski definition) is 4. The van der Waals surface area contributed by atoms with E-state index >= 15 is 4.39 Å². The Labute approximate surface area is 301 Å². The lowest BCUT2D eigenvalue weighted by Gasteiger charge is -2.43. The van der Waals surface area contributed by atoms with Gasteiger partial charge in [-0.25, -0.2) is 9.37 Å². The Hall–Kier alpha value is -5.50. The third-order valence-electron chi connectivity index (χ3n) is 10.8. The van der Waals surface area contributed by atoms with Gasteiger partial charge in [-0.05, 0) is 54.8 Å². The largest absolute Gasteiger partial charge is 0.507 e. The van der Waals surface area contributed by atoms with E-state index in [2.05, 4.69) is 53.9 Å². The lowest BCUT2D eigenvalue weighted by atomic mass is 9.90. The van der Waals surface area contributed by atoms with Gasteiger partial charge in [-0.3, -0.25) is 19.8 Å². The van der Waals surface area contributed by atoms with Crippen LogP contribution in [-0.4, -0.2) is 94.0 Å². The number of aromatic nitrogens is 3. The topological polar surface area (TPSA) is 148 Å². The molecule has 4 aromatic rings. The molecule has 6 heterocycles. The van der Waals surface area contributed by atoms with Crippen molar-refractivity contribution in [1.82, 2.24) is 25.4 Å². The molecule has 3 saturated heterocycles. The van der Waals surface area contributed by atoms with Crippen molar-refractivity contribution in [3.8, 4) is 22.9 Å². The Morgan fingerprint density at radius 1 is 1.04 bits per heavy atom. The van der Waals surface area contributed by atoms with E-state index in [0.29, 0.717) is 54.6 Å². The van der Waals surface area contributed by atoms with Gasteiger partial charge >= 0.3 is 0 Å². The number of halogens is 1. The molecule has 0 saturated carbocycles. The van der Waals surface area contributed by atoms with Gasteiger partial charge in [-0.2, -0.15) is 0 Å². The number of ether oxygens (including phenoxy) is 1. The molecule has 8 rings (SSSR count). The van der Waals surface area contributed by atoms with Crippen LogP contribution < -0.4 is 30.5 Å². The maximum atomic E-state index is 15.2. The number of piperazine rings is 1. The average Bonchev–Trinajstić information content (AvgIpc) is 3.53. The third kappa shape index (κ3) is 6.65. The number of aromatic hydroxyl groups is 1. The van der Waals surface area contributed by atoms with Crippen LogP contribution in [0.3, 0.4) is 0 Å². The average molecular weight is 708 g/mol. The lowest BCUT2D eigenvalue weighted by Crippen LogP contribution is -2.52. The van der Waals surface area contributed by atoms with E-state index in [1.807, 2.05) is 35.4 Å². The fourth-order valence-electron chi connectivity index (χ4n) is 7.88. The first-order valence-electron chi connectivity index (χ1n) is 17.9. The zero-order valence-corrected chi connectivity index (χ0v) is 29.0. The SMILES string of the molecule is CCC12CNc3nnc(-c4ccccc4O)cc3N1C[C@H](Oc1ccc(CN3CCN(c4ccc(NC5CCC(=O)NC5=O)cc4F)CC3)cn1)C2. The van der Waals surface area contributed by atoms with E-state index in [0.717, 1.165) is 56.1 Å². The zero-order valence-electron chi connectivity index (χ0n) is 29.0. The molecule has 3 fully saturated rings. The second-order valence-corrected chi connectivity index (χ2v) is 14.0. The van der Waals surface area contributed by atoms with Gasteiger partial charge in [0.05, 0.1) is 29.2 Å². The van der Waals surface area contributed by atoms with Gasteiger partial charge in [-0.1, -0.05) is 25.1 Å². The second kappa shape index (κ2) is 13.9. The van der Waals surface area contributed by atoms with Crippen LogP contribution >= 0.6 is 0 Å². The third-order valence-corrected chi connectivity index (χ3v) is 10.8. The van der Waals surface area contributed by atoms with Crippen LogP contribution in [0.2, 0.25) is 0 Å². The molecule has 13 nitrogen and oxygen atoms in total. The highest BCUT2D eigenvalue weighted by Crippen LogP contribution is 2.45. The molecular formula is C38H42FN9O4. The summed E-state index contributed by atoms with van der Waals surface area (Å²) in [5, 5.41) is 28.1. The molecule has 4 aliphatic heterocycles. The summed E-state index contributed by atoms with van der Waals surface area (Å²) < 4.78 is 21.6. The summed E-state index contributed by atoms with van der Waals surface area (Å²) in [5.41, 5.74) is 4.21. The van der Waals surface area contributed by atoms with Crippen molar-refractivity contribution < 1.29 is 23.8 Å². The lowest BCUT2D eigenvalue weighted by molar-refractivity contribution is -0.133. The van der Waals surface area contributed by atoms with Gasteiger partial charge < -0.3 is 30.3 Å². The molecule has 3 atom stereocenters. The number of piperidine rings is 1. The number of pyridine rings is 1. The van der Waals surface area contributed by atoms with E-state index < -0.39 is 6.04 Å². The Bertz CT molecular complexity index is 1970. The molecule has 2 aromatic heterocycles. The molecule has 2 aromatic carbocycles. The molecule has 0 bridgehead atoms. The van der Waals surface area contributed by atoms with Crippen molar-refractivity contribution in [3.05, 3.63) is 78.2 Å². The Morgan fingerprint density at radius 3 is 2.63 bits per heavy atom. The van der Waals surface area contributed by atoms with Crippen molar-refractivity contribution in [2.75, 3.05) is 59.7 Å². The maximum Gasteiger partial charge on any atom is 0.249 e. The number of hydrogen-bond acceptors (Lipinski definition) is 12. The van der Waals surface area contributed by atoms with Crippen molar-refractivity contribution >= 4 is 34.7 Å². The fraction of sp³-hybridized carbons (Fsp3) is 0.395. The van der Waals surface area contributed by atoms with Crippen LogP contribution in [0.25, 0.3) is 11.3 Å². The van der Waals surface area contributed by atoms with Crippen LogP contribution in [0, 0.1) is 5.82 Å². The van der Waals surface area contributed by atoms with Gasteiger partial charge in [0, 0.05) is 75.6 Å². The molecule has 270 valence electrons. The maximum absolute atomic E-state index is 15.2. The van der Waals surface area contributed by atoms with Crippen LogP contribution in [-0.2, 0) is 16.1 Å². The van der Waals surface area contributed by atoms with Gasteiger partial charge in [0.2, 0.25) is 17.7 Å². The number of amides is 2. The van der Waals surface area contributed by atoms with Crippen LogP contribution in [0.1, 0.15) is 38.2 Å². The highest BCUT2D eigenvalue weighted by molar-refractivity contribution is 6.01. The number of carbonyl (C=O) groups is 2. The number of nitrogens with one attached hydrogen (secondary N) is 3. The zero-order chi connectivity index (χ0) is 35.8. The Balaban J connectivity index is 0.853. The summed E-state index contributed by atoms with van der Waals surface area (Å²) in [4.78, 5) is 34.9. The minimum Gasteiger partial charge on any atom is -0.507 e. The number of imide groups is 1. The highest BCUT2D eigenvalue weighted by Gasteiger charge is 2.49. The normalized spacial score (nSPS) is 23.0. The number of anilines is 4. The molecule has 4 N–H and O–H groups in total. The van der Waals surface area contributed by atoms with Gasteiger partial charge in [0.25, 0.3) is 0 Å². The highest BCUT2D eigenvalue weighted by atomic mass is 19.1.